The zero-order valence-corrected chi connectivity index (χ0v) is 13.1. The Morgan fingerprint density at radius 1 is 1.14 bits per heavy atom. The van der Waals surface area contributed by atoms with Crippen molar-refractivity contribution in [1.29, 1.82) is 0 Å². The summed E-state index contributed by atoms with van der Waals surface area (Å²) in [4.78, 5) is 25.5. The third-order valence-corrected chi connectivity index (χ3v) is 3.46. The van der Waals surface area contributed by atoms with E-state index in [0.717, 1.165) is 10.5 Å². The van der Waals surface area contributed by atoms with E-state index < -0.39 is 17.6 Å². The van der Waals surface area contributed by atoms with Crippen molar-refractivity contribution in [2.24, 2.45) is 0 Å². The zero-order chi connectivity index (χ0) is 16.3. The number of aliphatic hydroxyl groups is 1. The summed E-state index contributed by atoms with van der Waals surface area (Å²) in [5.74, 6) is -1.56. The van der Waals surface area contributed by atoms with E-state index in [1.807, 2.05) is 32.9 Å². The molecule has 1 aliphatic heterocycles. The molecule has 1 aliphatic rings. The molecule has 0 spiro atoms. The van der Waals surface area contributed by atoms with Crippen LogP contribution in [0.4, 0.5) is 0 Å². The number of aryl methyl sites for hydroxylation is 1. The molecule has 2 rings (SSSR count). The fourth-order valence-corrected chi connectivity index (χ4v) is 2.29. The Hall–Kier alpha value is -2.14. The highest BCUT2D eigenvalue weighted by atomic mass is 16.5. The van der Waals surface area contributed by atoms with E-state index in [2.05, 4.69) is 0 Å². The summed E-state index contributed by atoms with van der Waals surface area (Å²) in [6.45, 7) is 6.49. The van der Waals surface area contributed by atoms with Gasteiger partial charge < -0.3 is 9.84 Å². The summed E-state index contributed by atoms with van der Waals surface area (Å²) in [5, 5.41) is 10.0. The number of benzene rings is 1. The van der Waals surface area contributed by atoms with Gasteiger partial charge in [0.15, 0.2) is 5.76 Å². The maximum absolute atomic E-state index is 12.4. The lowest BCUT2D eigenvalue weighted by Gasteiger charge is -2.15. The number of carbonyl (C=O) groups is 2. The van der Waals surface area contributed by atoms with Crippen LogP contribution in [0, 0.1) is 6.92 Å². The number of carbonyl (C=O) groups excluding carboxylic acids is 2. The molecule has 5 heteroatoms. The average Bonchev–Trinajstić information content (AvgIpc) is 2.68. The molecule has 118 valence electrons. The second kappa shape index (κ2) is 6.75. The summed E-state index contributed by atoms with van der Waals surface area (Å²) < 4.78 is 5.40. The van der Waals surface area contributed by atoms with Gasteiger partial charge in [0.05, 0.1) is 11.7 Å². The first-order valence-electron chi connectivity index (χ1n) is 7.40. The highest BCUT2D eigenvalue weighted by Crippen LogP contribution is 2.28. The quantitative estimate of drug-likeness (QED) is 0.647. The summed E-state index contributed by atoms with van der Waals surface area (Å²) in [7, 11) is 0. The Morgan fingerprint density at radius 2 is 1.77 bits per heavy atom. The molecule has 22 heavy (non-hydrogen) atoms. The molecule has 1 aromatic carbocycles. The minimum Gasteiger partial charge on any atom is -0.502 e. The molecule has 0 unspecified atom stereocenters. The van der Waals surface area contributed by atoms with Gasteiger partial charge >= 0.3 is 0 Å². The van der Waals surface area contributed by atoms with Gasteiger partial charge in [0.1, 0.15) is 0 Å². The van der Waals surface area contributed by atoms with Gasteiger partial charge in [-0.25, -0.2) is 0 Å². The van der Waals surface area contributed by atoms with Crippen molar-refractivity contribution >= 4 is 17.4 Å². The number of rotatable bonds is 6. The summed E-state index contributed by atoms with van der Waals surface area (Å²) in [6, 6.07) is 7.15. The monoisotopic (exact) mass is 303 g/mol. The maximum atomic E-state index is 12.4. The Kier molecular flexibility index (Phi) is 4.98. The van der Waals surface area contributed by atoms with Crippen molar-refractivity contribution in [3.63, 3.8) is 0 Å². The van der Waals surface area contributed by atoms with E-state index >= 15 is 0 Å². The van der Waals surface area contributed by atoms with Gasteiger partial charge in [-0.15, -0.1) is 0 Å². The number of imide groups is 1. The molecule has 1 aromatic rings. The zero-order valence-electron chi connectivity index (χ0n) is 13.1. The third kappa shape index (κ3) is 3.36. The van der Waals surface area contributed by atoms with Crippen LogP contribution >= 0.6 is 0 Å². The number of hydrogen-bond acceptors (Lipinski definition) is 4. The van der Waals surface area contributed by atoms with Crippen LogP contribution < -0.4 is 0 Å². The molecular weight excluding hydrogens is 282 g/mol. The van der Waals surface area contributed by atoms with Gasteiger partial charge in [-0.3, -0.25) is 14.5 Å². The molecule has 0 aliphatic carbocycles. The van der Waals surface area contributed by atoms with Crippen molar-refractivity contribution < 1.29 is 19.4 Å². The van der Waals surface area contributed by atoms with Crippen LogP contribution in [0.3, 0.4) is 0 Å². The van der Waals surface area contributed by atoms with E-state index in [4.69, 9.17) is 4.74 Å². The standard InChI is InChI=1S/C17H21NO4/c1-11(2)22-10-4-9-18-16(20)14(15(19)17(18)21)13-7-5-12(3)6-8-13/h5-8,11,19H,4,9-10H2,1-3H3. The number of hydrogen-bond donors (Lipinski definition) is 1. The molecule has 0 bridgehead atoms. The Balaban J connectivity index is 2.08. The van der Waals surface area contributed by atoms with Crippen molar-refractivity contribution in [3.8, 4) is 0 Å². The molecule has 0 radical (unpaired) electrons. The van der Waals surface area contributed by atoms with E-state index in [-0.39, 0.29) is 18.2 Å². The van der Waals surface area contributed by atoms with Crippen molar-refractivity contribution in [1.82, 2.24) is 4.90 Å². The first-order chi connectivity index (χ1) is 10.4. The van der Waals surface area contributed by atoms with Crippen molar-refractivity contribution in [3.05, 3.63) is 41.2 Å². The van der Waals surface area contributed by atoms with Crippen molar-refractivity contribution in [2.45, 2.75) is 33.3 Å². The second-order valence-electron chi connectivity index (χ2n) is 5.62. The number of nitrogens with zero attached hydrogens (tertiary/aromatic N) is 1. The first kappa shape index (κ1) is 16.2. The number of amides is 2. The largest absolute Gasteiger partial charge is 0.502 e. The molecule has 0 aromatic heterocycles. The molecule has 0 fully saturated rings. The van der Waals surface area contributed by atoms with Crippen LogP contribution in [-0.2, 0) is 14.3 Å². The molecule has 2 amide bonds. The van der Waals surface area contributed by atoms with Gasteiger partial charge in [0, 0.05) is 13.2 Å². The lowest BCUT2D eigenvalue weighted by Crippen LogP contribution is -2.33. The van der Waals surface area contributed by atoms with Crippen molar-refractivity contribution in [2.75, 3.05) is 13.2 Å². The lowest BCUT2D eigenvalue weighted by atomic mass is 10.0. The van der Waals surface area contributed by atoms with E-state index in [1.54, 1.807) is 12.1 Å². The Labute approximate surface area is 130 Å². The maximum Gasteiger partial charge on any atom is 0.296 e. The molecule has 1 N–H and O–H groups in total. The minimum absolute atomic E-state index is 0.0785. The summed E-state index contributed by atoms with van der Waals surface area (Å²) in [5.41, 5.74) is 1.68. The van der Waals surface area contributed by atoms with Gasteiger partial charge in [0.25, 0.3) is 11.8 Å². The van der Waals surface area contributed by atoms with Crippen LogP contribution in [-0.4, -0.2) is 41.1 Å². The topological polar surface area (TPSA) is 66.8 Å². The second-order valence-corrected chi connectivity index (χ2v) is 5.62. The van der Waals surface area contributed by atoms with Gasteiger partial charge in [-0.1, -0.05) is 29.8 Å². The van der Waals surface area contributed by atoms with Crippen LogP contribution in [0.15, 0.2) is 30.0 Å². The fraction of sp³-hybridized carbons (Fsp3) is 0.412. The van der Waals surface area contributed by atoms with Crippen LogP contribution in [0.1, 0.15) is 31.4 Å². The normalized spacial score (nSPS) is 15.4. The lowest BCUT2D eigenvalue weighted by molar-refractivity contribution is -0.138. The third-order valence-electron chi connectivity index (χ3n) is 3.46. The predicted molar refractivity (Wildman–Crippen MR) is 83.2 cm³/mol. The molecule has 0 saturated heterocycles. The number of ether oxygens (including phenoxy) is 1. The van der Waals surface area contributed by atoms with Gasteiger partial charge in [0.2, 0.25) is 0 Å². The smallest absolute Gasteiger partial charge is 0.296 e. The van der Waals surface area contributed by atoms with E-state index in [9.17, 15) is 14.7 Å². The van der Waals surface area contributed by atoms with Crippen LogP contribution in [0.5, 0.6) is 0 Å². The fourth-order valence-electron chi connectivity index (χ4n) is 2.29. The minimum atomic E-state index is -0.634. The molecule has 0 atom stereocenters. The van der Waals surface area contributed by atoms with E-state index in [1.165, 1.54) is 0 Å². The molecule has 5 nitrogen and oxygen atoms in total. The Morgan fingerprint density at radius 3 is 2.36 bits per heavy atom. The molecule has 0 saturated carbocycles. The first-order valence-corrected chi connectivity index (χ1v) is 7.40. The van der Waals surface area contributed by atoms with Gasteiger partial charge in [-0.2, -0.15) is 0 Å². The number of aliphatic hydroxyl groups excluding tert-OH is 1. The average molecular weight is 303 g/mol. The molecular formula is C17H21NO4. The van der Waals surface area contributed by atoms with Crippen LogP contribution in [0.25, 0.3) is 5.57 Å². The summed E-state index contributed by atoms with van der Waals surface area (Å²) in [6.07, 6.45) is 0.657. The Bertz CT molecular complexity index is 602. The van der Waals surface area contributed by atoms with Crippen LogP contribution in [0.2, 0.25) is 0 Å². The van der Waals surface area contributed by atoms with Gasteiger partial charge in [-0.05, 0) is 32.8 Å². The highest BCUT2D eigenvalue weighted by Gasteiger charge is 2.38. The highest BCUT2D eigenvalue weighted by molar-refractivity contribution is 6.34. The van der Waals surface area contributed by atoms with E-state index in [0.29, 0.717) is 18.6 Å². The predicted octanol–water partition coefficient (Wildman–Crippen LogP) is 2.45. The molecule has 1 heterocycles. The SMILES string of the molecule is Cc1ccc(C2=C(O)C(=O)N(CCCOC(C)C)C2=O)cc1. The summed E-state index contributed by atoms with van der Waals surface area (Å²) >= 11 is 0.